The van der Waals surface area contributed by atoms with Crippen LogP contribution in [-0.2, 0) is 9.53 Å². The summed E-state index contributed by atoms with van der Waals surface area (Å²) < 4.78 is 5.21. The third-order valence-electron chi connectivity index (χ3n) is 6.41. The highest BCUT2D eigenvalue weighted by atomic mass is 16.5. The molecule has 0 unspecified atom stereocenters. The number of ether oxygens (including phenoxy) is 1. The van der Waals surface area contributed by atoms with Crippen LogP contribution in [0.15, 0.2) is 42.5 Å². The van der Waals surface area contributed by atoms with Gasteiger partial charge in [-0.05, 0) is 31.5 Å². The Hall–Kier alpha value is -3.19. The van der Waals surface area contributed by atoms with E-state index in [0.29, 0.717) is 36.4 Å². The first-order valence-electron chi connectivity index (χ1n) is 11.6. The molecule has 2 amide bonds. The molecule has 0 bridgehead atoms. The molecule has 1 fully saturated rings. The SMILES string of the molecule is C=C(C)C(=O)OCCN1CCN(c2ccc3c4c(cccc24)C(=O)N(CCCC)C3=O)CC1. The first-order chi connectivity index (χ1) is 15.9. The fourth-order valence-corrected chi connectivity index (χ4v) is 4.53. The highest BCUT2D eigenvalue weighted by Crippen LogP contribution is 2.36. The van der Waals surface area contributed by atoms with E-state index >= 15 is 0 Å². The number of unbranched alkanes of at least 4 members (excludes halogenated alkanes) is 1. The number of rotatable bonds is 8. The van der Waals surface area contributed by atoms with Crippen molar-refractivity contribution in [2.24, 2.45) is 0 Å². The molecule has 1 saturated heterocycles. The number of anilines is 1. The molecule has 2 aromatic rings. The van der Waals surface area contributed by atoms with E-state index in [0.717, 1.165) is 55.5 Å². The van der Waals surface area contributed by atoms with Crippen molar-refractivity contribution in [2.75, 3.05) is 50.8 Å². The quantitative estimate of drug-likeness (QED) is 0.349. The van der Waals surface area contributed by atoms with Crippen LogP contribution in [0.4, 0.5) is 5.69 Å². The summed E-state index contributed by atoms with van der Waals surface area (Å²) in [5.74, 6) is -0.745. The Morgan fingerprint density at radius 2 is 1.70 bits per heavy atom. The number of carbonyl (C=O) groups is 3. The summed E-state index contributed by atoms with van der Waals surface area (Å²) in [4.78, 5) is 43.7. The second kappa shape index (κ2) is 9.75. The molecular weight excluding hydrogens is 418 g/mol. The van der Waals surface area contributed by atoms with E-state index in [4.69, 9.17) is 4.74 Å². The smallest absolute Gasteiger partial charge is 0.333 e. The van der Waals surface area contributed by atoms with Crippen molar-refractivity contribution < 1.29 is 19.1 Å². The van der Waals surface area contributed by atoms with Gasteiger partial charge in [-0.1, -0.05) is 32.1 Å². The Balaban J connectivity index is 1.50. The molecule has 2 aromatic carbocycles. The zero-order chi connectivity index (χ0) is 23.5. The molecule has 2 aliphatic rings. The van der Waals surface area contributed by atoms with Gasteiger partial charge in [-0.2, -0.15) is 0 Å². The molecule has 0 aliphatic carbocycles. The number of nitrogens with zero attached hydrogens (tertiary/aromatic N) is 3. The number of benzene rings is 2. The molecule has 0 aromatic heterocycles. The van der Waals surface area contributed by atoms with Crippen LogP contribution in [0.1, 0.15) is 47.4 Å². The summed E-state index contributed by atoms with van der Waals surface area (Å²) in [6, 6.07) is 9.62. The Morgan fingerprint density at radius 3 is 2.36 bits per heavy atom. The van der Waals surface area contributed by atoms with E-state index in [1.807, 2.05) is 37.3 Å². The molecule has 2 aliphatic heterocycles. The van der Waals surface area contributed by atoms with Gasteiger partial charge in [-0.25, -0.2) is 4.79 Å². The Bertz CT molecular complexity index is 1080. The average Bonchev–Trinajstić information content (AvgIpc) is 2.82. The van der Waals surface area contributed by atoms with Gasteiger partial charge in [0.15, 0.2) is 0 Å². The number of carbonyl (C=O) groups excluding carboxylic acids is 3. The Morgan fingerprint density at radius 1 is 1.00 bits per heavy atom. The summed E-state index contributed by atoms with van der Waals surface area (Å²) in [6.45, 7) is 12.1. The lowest BCUT2D eigenvalue weighted by atomic mass is 9.92. The number of piperazine rings is 1. The predicted molar refractivity (Wildman–Crippen MR) is 129 cm³/mol. The number of amides is 2. The summed E-state index contributed by atoms with van der Waals surface area (Å²) in [5.41, 5.74) is 2.68. The normalized spacial score (nSPS) is 16.4. The molecule has 0 radical (unpaired) electrons. The Kier molecular flexibility index (Phi) is 6.79. The van der Waals surface area contributed by atoms with Gasteiger partial charge in [0.05, 0.1) is 0 Å². The maximum Gasteiger partial charge on any atom is 0.333 e. The maximum absolute atomic E-state index is 13.1. The van der Waals surface area contributed by atoms with Crippen molar-refractivity contribution in [2.45, 2.75) is 26.7 Å². The van der Waals surface area contributed by atoms with Gasteiger partial charge >= 0.3 is 5.97 Å². The van der Waals surface area contributed by atoms with Gasteiger partial charge < -0.3 is 9.64 Å². The van der Waals surface area contributed by atoms with Crippen molar-refractivity contribution >= 4 is 34.2 Å². The summed E-state index contributed by atoms with van der Waals surface area (Å²) in [7, 11) is 0. The molecule has 7 nitrogen and oxygen atoms in total. The molecular formula is C26H31N3O4. The third kappa shape index (κ3) is 4.50. The molecule has 0 atom stereocenters. The summed E-state index contributed by atoms with van der Waals surface area (Å²) in [6.07, 6.45) is 1.73. The second-order valence-corrected chi connectivity index (χ2v) is 8.72. The molecule has 174 valence electrons. The lowest BCUT2D eigenvalue weighted by molar-refractivity contribution is -0.139. The van der Waals surface area contributed by atoms with Gasteiger partial charge in [-0.15, -0.1) is 0 Å². The van der Waals surface area contributed by atoms with E-state index in [-0.39, 0.29) is 17.8 Å². The highest BCUT2D eigenvalue weighted by molar-refractivity contribution is 6.26. The largest absolute Gasteiger partial charge is 0.461 e. The monoisotopic (exact) mass is 449 g/mol. The van der Waals surface area contributed by atoms with Crippen LogP contribution in [0, 0.1) is 0 Å². The minimum absolute atomic E-state index is 0.196. The van der Waals surface area contributed by atoms with Crippen molar-refractivity contribution in [1.82, 2.24) is 9.80 Å². The van der Waals surface area contributed by atoms with E-state index in [9.17, 15) is 14.4 Å². The maximum atomic E-state index is 13.1. The highest BCUT2D eigenvalue weighted by Gasteiger charge is 2.33. The first-order valence-corrected chi connectivity index (χ1v) is 11.6. The lowest BCUT2D eigenvalue weighted by Gasteiger charge is -2.37. The molecule has 4 rings (SSSR count). The van der Waals surface area contributed by atoms with Crippen molar-refractivity contribution in [1.29, 1.82) is 0 Å². The first kappa shape index (κ1) is 23.0. The second-order valence-electron chi connectivity index (χ2n) is 8.72. The molecule has 7 heteroatoms. The van der Waals surface area contributed by atoms with Crippen molar-refractivity contribution in [3.8, 4) is 0 Å². The molecule has 33 heavy (non-hydrogen) atoms. The number of imide groups is 1. The van der Waals surface area contributed by atoms with Gasteiger partial charge in [0.25, 0.3) is 11.8 Å². The minimum Gasteiger partial charge on any atom is -0.461 e. The van der Waals surface area contributed by atoms with Crippen LogP contribution in [0.25, 0.3) is 10.8 Å². The molecule has 0 spiro atoms. The minimum atomic E-state index is -0.352. The van der Waals surface area contributed by atoms with Crippen molar-refractivity contribution in [3.63, 3.8) is 0 Å². The molecule has 0 N–H and O–H groups in total. The van der Waals surface area contributed by atoms with E-state index in [1.54, 1.807) is 6.92 Å². The summed E-state index contributed by atoms with van der Waals surface area (Å²) >= 11 is 0. The number of esters is 1. The molecule has 2 heterocycles. The lowest BCUT2D eigenvalue weighted by Crippen LogP contribution is -2.47. The third-order valence-corrected chi connectivity index (χ3v) is 6.41. The standard InChI is InChI=1S/C26H31N3O4/c1-4-5-11-29-24(30)20-8-6-7-19-22(10-9-21(23(19)20)25(29)31)28-14-12-27(13-15-28)16-17-33-26(32)18(2)3/h6-10H,2,4-5,11-17H2,1,3H3. The van der Waals surface area contributed by atoms with E-state index < -0.39 is 0 Å². The predicted octanol–water partition coefficient (Wildman–Crippen LogP) is 3.48. The van der Waals surface area contributed by atoms with Gasteiger partial charge in [0.2, 0.25) is 0 Å². The van der Waals surface area contributed by atoms with Crippen LogP contribution in [0.2, 0.25) is 0 Å². The van der Waals surface area contributed by atoms with Crippen LogP contribution in [0.5, 0.6) is 0 Å². The van der Waals surface area contributed by atoms with E-state index in [2.05, 4.69) is 16.4 Å². The Labute approximate surface area is 194 Å². The van der Waals surface area contributed by atoms with Gasteiger partial charge in [0, 0.05) is 72.4 Å². The van der Waals surface area contributed by atoms with Crippen LogP contribution >= 0.6 is 0 Å². The van der Waals surface area contributed by atoms with Crippen molar-refractivity contribution in [3.05, 3.63) is 53.6 Å². The topological polar surface area (TPSA) is 70.2 Å². The van der Waals surface area contributed by atoms with Crippen LogP contribution in [-0.4, -0.2) is 73.5 Å². The zero-order valence-electron chi connectivity index (χ0n) is 19.4. The number of hydrogen-bond acceptors (Lipinski definition) is 6. The van der Waals surface area contributed by atoms with Gasteiger partial charge in [-0.3, -0.25) is 19.4 Å². The average molecular weight is 450 g/mol. The number of hydrogen-bond donors (Lipinski definition) is 0. The fraction of sp³-hybridized carbons (Fsp3) is 0.423. The van der Waals surface area contributed by atoms with E-state index in [1.165, 1.54) is 4.90 Å². The zero-order valence-corrected chi connectivity index (χ0v) is 19.4. The van der Waals surface area contributed by atoms with Crippen LogP contribution < -0.4 is 4.90 Å². The van der Waals surface area contributed by atoms with Crippen LogP contribution in [0.3, 0.4) is 0 Å². The molecule has 0 saturated carbocycles. The summed E-state index contributed by atoms with van der Waals surface area (Å²) in [5, 5.41) is 1.72. The van der Waals surface area contributed by atoms with Gasteiger partial charge in [0.1, 0.15) is 6.61 Å². The fourth-order valence-electron chi connectivity index (χ4n) is 4.53.